The first-order valence-corrected chi connectivity index (χ1v) is 7.03. The Hall–Kier alpha value is -1.48. The fraction of sp³-hybridized carbons (Fsp3) is 0.400. The van der Waals surface area contributed by atoms with E-state index in [9.17, 15) is 0 Å². The third kappa shape index (κ3) is 4.00. The second kappa shape index (κ2) is 6.62. The van der Waals surface area contributed by atoms with Gasteiger partial charge < -0.3 is 10.6 Å². The van der Waals surface area contributed by atoms with E-state index < -0.39 is 0 Å². The molecule has 1 aliphatic rings. The second-order valence-corrected chi connectivity index (χ2v) is 5.09. The summed E-state index contributed by atoms with van der Waals surface area (Å²) in [4.78, 5) is 4.41. The van der Waals surface area contributed by atoms with Gasteiger partial charge in [0.2, 0.25) is 0 Å². The van der Waals surface area contributed by atoms with Crippen LogP contribution in [0.3, 0.4) is 0 Å². The van der Waals surface area contributed by atoms with Crippen LogP contribution in [0.15, 0.2) is 41.9 Å². The SMILES string of the molecule is C=CCN=C(NCC)NC1CC1c1cccc(Cl)c1. The molecule has 0 spiro atoms. The second-order valence-electron chi connectivity index (χ2n) is 4.66. The van der Waals surface area contributed by atoms with Crippen LogP contribution in [0.4, 0.5) is 0 Å². The molecule has 1 aromatic carbocycles. The van der Waals surface area contributed by atoms with Crippen molar-refractivity contribution in [1.29, 1.82) is 0 Å². The molecule has 4 heteroatoms. The van der Waals surface area contributed by atoms with E-state index >= 15 is 0 Å². The average molecular weight is 278 g/mol. The Morgan fingerprint density at radius 1 is 1.58 bits per heavy atom. The first kappa shape index (κ1) is 13.9. The highest BCUT2D eigenvalue weighted by Gasteiger charge is 2.39. The summed E-state index contributed by atoms with van der Waals surface area (Å²) < 4.78 is 0. The van der Waals surface area contributed by atoms with Gasteiger partial charge in [0.1, 0.15) is 0 Å². The summed E-state index contributed by atoms with van der Waals surface area (Å²) in [6.45, 7) is 7.23. The molecule has 19 heavy (non-hydrogen) atoms. The van der Waals surface area contributed by atoms with Gasteiger partial charge in [0.15, 0.2) is 5.96 Å². The summed E-state index contributed by atoms with van der Waals surface area (Å²) in [6, 6.07) is 8.53. The fourth-order valence-corrected chi connectivity index (χ4v) is 2.31. The molecule has 2 unspecified atom stereocenters. The predicted molar refractivity (Wildman–Crippen MR) is 81.9 cm³/mol. The van der Waals surface area contributed by atoms with E-state index in [1.54, 1.807) is 6.08 Å². The summed E-state index contributed by atoms with van der Waals surface area (Å²) in [5.74, 6) is 1.39. The molecule has 1 fully saturated rings. The molecule has 0 radical (unpaired) electrons. The van der Waals surface area contributed by atoms with E-state index in [1.165, 1.54) is 5.56 Å². The van der Waals surface area contributed by atoms with Gasteiger partial charge in [-0.05, 0) is 31.0 Å². The van der Waals surface area contributed by atoms with E-state index in [0.29, 0.717) is 18.5 Å². The number of nitrogens with one attached hydrogen (secondary N) is 2. The fourth-order valence-electron chi connectivity index (χ4n) is 2.11. The molecule has 2 atom stereocenters. The lowest BCUT2D eigenvalue weighted by Crippen LogP contribution is -2.39. The van der Waals surface area contributed by atoms with Crippen LogP contribution in [0, 0.1) is 0 Å². The number of benzene rings is 1. The van der Waals surface area contributed by atoms with E-state index in [4.69, 9.17) is 11.6 Å². The highest BCUT2D eigenvalue weighted by molar-refractivity contribution is 6.30. The Labute approximate surface area is 119 Å². The summed E-state index contributed by atoms with van der Waals surface area (Å²) in [5, 5.41) is 7.48. The molecule has 0 bridgehead atoms. The van der Waals surface area contributed by atoms with Gasteiger partial charge in [-0.2, -0.15) is 0 Å². The van der Waals surface area contributed by atoms with Crippen LogP contribution in [-0.4, -0.2) is 25.1 Å². The van der Waals surface area contributed by atoms with Gasteiger partial charge in [-0.1, -0.05) is 29.8 Å². The Bertz CT molecular complexity index is 470. The number of nitrogens with zero attached hydrogens (tertiary/aromatic N) is 1. The maximum Gasteiger partial charge on any atom is 0.191 e. The molecule has 1 aromatic rings. The molecule has 0 heterocycles. The van der Waals surface area contributed by atoms with Crippen molar-refractivity contribution in [3.8, 4) is 0 Å². The van der Waals surface area contributed by atoms with E-state index in [0.717, 1.165) is 23.9 Å². The monoisotopic (exact) mass is 277 g/mol. The van der Waals surface area contributed by atoms with Crippen LogP contribution in [0.25, 0.3) is 0 Å². The largest absolute Gasteiger partial charge is 0.357 e. The first-order chi connectivity index (χ1) is 9.24. The first-order valence-electron chi connectivity index (χ1n) is 6.65. The highest BCUT2D eigenvalue weighted by atomic mass is 35.5. The van der Waals surface area contributed by atoms with E-state index in [2.05, 4.69) is 35.2 Å². The number of guanidine groups is 1. The summed E-state index contributed by atoms with van der Waals surface area (Å²) in [5.41, 5.74) is 1.30. The summed E-state index contributed by atoms with van der Waals surface area (Å²) in [7, 11) is 0. The van der Waals surface area contributed by atoms with Gasteiger partial charge in [-0.25, -0.2) is 4.99 Å². The lowest BCUT2D eigenvalue weighted by atomic mass is 10.1. The third-order valence-electron chi connectivity index (χ3n) is 3.11. The van der Waals surface area contributed by atoms with Crippen LogP contribution in [0.5, 0.6) is 0 Å². The molecule has 102 valence electrons. The molecule has 0 saturated heterocycles. The maximum absolute atomic E-state index is 6.02. The molecule has 0 aromatic heterocycles. The van der Waals surface area contributed by atoms with Gasteiger partial charge >= 0.3 is 0 Å². The minimum Gasteiger partial charge on any atom is -0.357 e. The van der Waals surface area contributed by atoms with Gasteiger partial charge in [-0.15, -0.1) is 6.58 Å². The molecule has 1 aliphatic carbocycles. The normalized spacial score (nSPS) is 21.9. The molecule has 2 rings (SSSR count). The molecule has 0 aliphatic heterocycles. The van der Waals surface area contributed by atoms with Crippen LogP contribution in [0.2, 0.25) is 5.02 Å². The van der Waals surface area contributed by atoms with Crippen LogP contribution < -0.4 is 10.6 Å². The Morgan fingerprint density at radius 2 is 2.42 bits per heavy atom. The third-order valence-corrected chi connectivity index (χ3v) is 3.35. The zero-order valence-electron chi connectivity index (χ0n) is 11.2. The van der Waals surface area contributed by atoms with Crippen molar-refractivity contribution in [3.63, 3.8) is 0 Å². The quantitative estimate of drug-likeness (QED) is 0.493. The molecule has 1 saturated carbocycles. The number of hydrogen-bond donors (Lipinski definition) is 2. The average Bonchev–Trinajstić information content (AvgIpc) is 3.15. The van der Waals surface area contributed by atoms with Crippen molar-refractivity contribution >= 4 is 17.6 Å². The predicted octanol–water partition coefficient (Wildman–Crippen LogP) is 2.94. The van der Waals surface area contributed by atoms with Crippen LogP contribution in [0.1, 0.15) is 24.8 Å². The molecular weight excluding hydrogens is 258 g/mol. The standard InChI is InChI=1S/C15H20ClN3/c1-3-8-18-15(17-4-2)19-14-10-13(14)11-6-5-7-12(16)9-11/h3,5-7,9,13-14H,1,4,8,10H2,2H3,(H2,17,18,19). The van der Waals surface area contributed by atoms with Crippen molar-refractivity contribution < 1.29 is 0 Å². The highest BCUT2D eigenvalue weighted by Crippen LogP contribution is 2.41. The van der Waals surface area contributed by atoms with E-state index in [-0.39, 0.29) is 0 Å². The number of rotatable bonds is 5. The van der Waals surface area contributed by atoms with Crippen molar-refractivity contribution in [2.75, 3.05) is 13.1 Å². The lowest BCUT2D eigenvalue weighted by molar-refractivity contribution is 0.802. The summed E-state index contributed by atoms with van der Waals surface area (Å²) >= 11 is 6.02. The van der Waals surface area contributed by atoms with Crippen LogP contribution in [-0.2, 0) is 0 Å². The number of halogens is 1. The van der Waals surface area contributed by atoms with Gasteiger partial charge in [-0.3, -0.25) is 0 Å². The Kier molecular flexibility index (Phi) is 4.86. The van der Waals surface area contributed by atoms with Crippen molar-refractivity contribution in [2.45, 2.75) is 25.3 Å². The maximum atomic E-state index is 6.02. The van der Waals surface area contributed by atoms with Gasteiger partial charge in [0.05, 0.1) is 6.54 Å². The summed E-state index contributed by atoms with van der Waals surface area (Å²) in [6.07, 6.45) is 2.92. The zero-order chi connectivity index (χ0) is 13.7. The topological polar surface area (TPSA) is 36.4 Å². The number of aliphatic imine (C=N–C) groups is 1. The van der Waals surface area contributed by atoms with Gasteiger partial charge in [0, 0.05) is 23.5 Å². The van der Waals surface area contributed by atoms with Crippen molar-refractivity contribution in [3.05, 3.63) is 47.5 Å². The van der Waals surface area contributed by atoms with Crippen molar-refractivity contribution in [2.24, 2.45) is 4.99 Å². The molecule has 3 nitrogen and oxygen atoms in total. The van der Waals surface area contributed by atoms with Gasteiger partial charge in [0.25, 0.3) is 0 Å². The Morgan fingerprint density at radius 3 is 3.11 bits per heavy atom. The minimum atomic E-state index is 0.445. The minimum absolute atomic E-state index is 0.445. The smallest absolute Gasteiger partial charge is 0.191 e. The molecule has 0 amide bonds. The van der Waals surface area contributed by atoms with E-state index in [1.807, 2.05) is 18.2 Å². The van der Waals surface area contributed by atoms with Crippen LogP contribution >= 0.6 is 11.6 Å². The zero-order valence-corrected chi connectivity index (χ0v) is 12.0. The molecule has 2 N–H and O–H groups in total. The molecular formula is C15H20ClN3. The Balaban J connectivity index is 1.93. The van der Waals surface area contributed by atoms with Crippen molar-refractivity contribution in [1.82, 2.24) is 10.6 Å². The number of hydrogen-bond acceptors (Lipinski definition) is 1. The lowest BCUT2D eigenvalue weighted by Gasteiger charge is -2.10.